The van der Waals surface area contributed by atoms with Gasteiger partial charge in [0.05, 0.1) is 11.0 Å². The fourth-order valence-electron chi connectivity index (χ4n) is 6.58. The van der Waals surface area contributed by atoms with Crippen LogP contribution < -0.4 is 5.73 Å². The van der Waals surface area contributed by atoms with Crippen LogP contribution in [0.2, 0.25) is 0 Å². The highest BCUT2D eigenvalue weighted by molar-refractivity contribution is 6.19. The van der Waals surface area contributed by atoms with E-state index in [0.29, 0.717) is 0 Å². The molecule has 0 saturated heterocycles. The van der Waals surface area contributed by atoms with E-state index in [1.807, 2.05) is 25.2 Å². The van der Waals surface area contributed by atoms with E-state index in [9.17, 15) is 0 Å². The second kappa shape index (κ2) is 11.0. The second-order valence-electron chi connectivity index (χ2n) is 11.6. The summed E-state index contributed by atoms with van der Waals surface area (Å²) in [6.45, 7) is 1.99. The van der Waals surface area contributed by atoms with Gasteiger partial charge >= 0.3 is 0 Å². The van der Waals surface area contributed by atoms with Gasteiger partial charge in [-0.2, -0.15) is 0 Å². The first-order chi connectivity index (χ1) is 22.2. The Hall–Kier alpha value is -5.86. The van der Waals surface area contributed by atoms with Crippen molar-refractivity contribution in [2.45, 2.75) is 6.92 Å². The lowest BCUT2D eigenvalue weighted by Crippen LogP contribution is -1.96. The molecule has 8 rings (SSSR count). The molecule has 7 aromatic carbocycles. The third kappa shape index (κ3) is 4.68. The van der Waals surface area contributed by atoms with Gasteiger partial charge in [0, 0.05) is 27.5 Å². The van der Waals surface area contributed by atoms with Crippen molar-refractivity contribution in [3.8, 4) is 27.9 Å². The highest BCUT2D eigenvalue weighted by Gasteiger charge is 2.16. The minimum Gasteiger partial charge on any atom is -0.398 e. The number of nitrogens with two attached hydrogens (primary N) is 1. The van der Waals surface area contributed by atoms with Crippen LogP contribution >= 0.6 is 0 Å². The van der Waals surface area contributed by atoms with Crippen molar-refractivity contribution in [2.24, 2.45) is 5.73 Å². The molecule has 0 unspecified atom stereocenters. The smallest absolute Gasteiger partial charge is 0.0619 e. The summed E-state index contributed by atoms with van der Waals surface area (Å²) in [5.74, 6) is 0. The molecule has 0 spiro atoms. The van der Waals surface area contributed by atoms with Crippen molar-refractivity contribution in [3.05, 3.63) is 169 Å². The molecule has 0 radical (unpaired) electrons. The number of benzene rings is 7. The first-order valence-electron chi connectivity index (χ1n) is 15.4. The van der Waals surface area contributed by atoms with Crippen LogP contribution in [-0.4, -0.2) is 4.57 Å². The SMILES string of the molecule is C/C=C\C=C(/N)c1cccc(-c2ccc3c(ccc4c5ccc(-c6ccc7ccccc7c6)cc5n(-c5ccccc5)c34)c2)c1. The molecule has 0 bridgehead atoms. The normalized spacial score (nSPS) is 12.2. The average molecular weight is 577 g/mol. The Morgan fingerprint density at radius 1 is 0.533 bits per heavy atom. The van der Waals surface area contributed by atoms with Gasteiger partial charge < -0.3 is 10.3 Å². The van der Waals surface area contributed by atoms with Gasteiger partial charge in [-0.1, -0.05) is 121 Å². The predicted octanol–water partition coefficient (Wildman–Crippen LogP) is 11.3. The van der Waals surface area contributed by atoms with Crippen LogP contribution in [0.3, 0.4) is 0 Å². The van der Waals surface area contributed by atoms with E-state index in [0.717, 1.165) is 22.5 Å². The van der Waals surface area contributed by atoms with E-state index in [2.05, 4.69) is 150 Å². The Morgan fingerprint density at radius 3 is 2.00 bits per heavy atom. The van der Waals surface area contributed by atoms with Crippen molar-refractivity contribution in [2.75, 3.05) is 0 Å². The minimum absolute atomic E-state index is 0.757. The number of fused-ring (bicyclic) bond motifs is 6. The van der Waals surface area contributed by atoms with Crippen LogP contribution in [0.5, 0.6) is 0 Å². The van der Waals surface area contributed by atoms with Crippen molar-refractivity contribution < 1.29 is 0 Å². The lowest BCUT2D eigenvalue weighted by Gasteiger charge is -2.12. The Morgan fingerprint density at radius 2 is 1.18 bits per heavy atom. The van der Waals surface area contributed by atoms with Gasteiger partial charge in [0.2, 0.25) is 0 Å². The molecule has 0 aliphatic heterocycles. The molecule has 0 atom stereocenters. The Labute approximate surface area is 263 Å². The third-order valence-electron chi connectivity index (χ3n) is 8.84. The highest BCUT2D eigenvalue weighted by atomic mass is 15.0. The van der Waals surface area contributed by atoms with E-state index >= 15 is 0 Å². The molecule has 8 aromatic rings. The van der Waals surface area contributed by atoms with Gasteiger partial charge in [0.25, 0.3) is 0 Å². The van der Waals surface area contributed by atoms with Crippen LogP contribution in [0.25, 0.3) is 77.0 Å². The maximum atomic E-state index is 6.37. The fraction of sp³-hybridized carbons (Fsp3) is 0.0233. The van der Waals surface area contributed by atoms with E-state index in [1.165, 1.54) is 60.0 Å². The molecule has 0 aliphatic rings. The maximum absolute atomic E-state index is 6.37. The van der Waals surface area contributed by atoms with Gasteiger partial charge in [0.15, 0.2) is 0 Å². The summed E-state index contributed by atoms with van der Waals surface area (Å²) in [5, 5.41) is 7.45. The van der Waals surface area contributed by atoms with Crippen molar-refractivity contribution in [1.29, 1.82) is 0 Å². The number of hydrogen-bond donors (Lipinski definition) is 1. The van der Waals surface area contributed by atoms with Gasteiger partial charge in [0.1, 0.15) is 0 Å². The first kappa shape index (κ1) is 26.7. The van der Waals surface area contributed by atoms with Crippen LogP contribution in [0.1, 0.15) is 12.5 Å². The average Bonchev–Trinajstić information content (AvgIpc) is 3.44. The lowest BCUT2D eigenvalue weighted by atomic mass is 9.97. The molecule has 2 nitrogen and oxygen atoms in total. The standard InChI is InChI=1S/C43H32N2/c1-2-3-16-41(44)36-13-9-12-31(27-36)33-19-22-38-35(26-33)21-24-40-39-23-20-34(32-18-17-29-10-7-8-11-30(29)25-32)28-42(39)45(43(38)40)37-14-5-4-6-15-37/h2-28H,44H2,1H3/b3-2-,41-16-. The van der Waals surface area contributed by atoms with E-state index in [4.69, 9.17) is 5.73 Å². The van der Waals surface area contributed by atoms with Crippen LogP contribution in [-0.2, 0) is 0 Å². The molecule has 0 amide bonds. The summed E-state index contributed by atoms with van der Waals surface area (Å²) in [5.41, 5.74) is 16.5. The zero-order chi connectivity index (χ0) is 30.3. The largest absolute Gasteiger partial charge is 0.398 e. The summed E-state index contributed by atoms with van der Waals surface area (Å²) < 4.78 is 2.44. The molecular weight excluding hydrogens is 544 g/mol. The van der Waals surface area contributed by atoms with Crippen molar-refractivity contribution in [1.82, 2.24) is 4.57 Å². The summed E-state index contributed by atoms with van der Waals surface area (Å²) in [6, 6.07) is 52.7. The van der Waals surface area contributed by atoms with E-state index < -0.39 is 0 Å². The monoisotopic (exact) mass is 576 g/mol. The first-order valence-corrected chi connectivity index (χ1v) is 15.4. The predicted molar refractivity (Wildman–Crippen MR) is 194 cm³/mol. The molecule has 0 aliphatic carbocycles. The zero-order valence-corrected chi connectivity index (χ0v) is 25.1. The van der Waals surface area contributed by atoms with E-state index in [1.54, 1.807) is 0 Å². The lowest BCUT2D eigenvalue weighted by molar-refractivity contribution is 1.19. The quantitative estimate of drug-likeness (QED) is 0.203. The third-order valence-corrected chi connectivity index (χ3v) is 8.84. The molecule has 1 heterocycles. The summed E-state index contributed by atoms with van der Waals surface area (Å²) in [6.07, 6.45) is 5.91. The molecule has 0 fully saturated rings. The number of para-hydroxylation sites is 1. The molecular formula is C43H32N2. The topological polar surface area (TPSA) is 30.9 Å². The zero-order valence-electron chi connectivity index (χ0n) is 25.1. The molecule has 45 heavy (non-hydrogen) atoms. The maximum Gasteiger partial charge on any atom is 0.0619 e. The van der Waals surface area contributed by atoms with Crippen molar-refractivity contribution >= 4 is 49.0 Å². The molecule has 0 saturated carbocycles. The van der Waals surface area contributed by atoms with Crippen molar-refractivity contribution in [3.63, 3.8) is 0 Å². The van der Waals surface area contributed by atoms with Gasteiger partial charge in [-0.15, -0.1) is 0 Å². The minimum atomic E-state index is 0.757. The summed E-state index contributed by atoms with van der Waals surface area (Å²) >= 11 is 0. The number of allylic oxidation sites excluding steroid dienone is 3. The highest BCUT2D eigenvalue weighted by Crippen LogP contribution is 2.39. The fourth-order valence-corrected chi connectivity index (χ4v) is 6.58. The summed E-state index contributed by atoms with van der Waals surface area (Å²) in [4.78, 5) is 0. The van der Waals surface area contributed by atoms with E-state index in [-0.39, 0.29) is 0 Å². The van der Waals surface area contributed by atoms with Gasteiger partial charge in [-0.25, -0.2) is 0 Å². The number of hydrogen-bond acceptors (Lipinski definition) is 1. The Balaban J connectivity index is 1.33. The molecule has 214 valence electrons. The molecule has 1 aromatic heterocycles. The number of rotatable bonds is 5. The second-order valence-corrected chi connectivity index (χ2v) is 11.6. The van der Waals surface area contributed by atoms with Gasteiger partial charge in [-0.05, 0) is 93.4 Å². The molecule has 2 heteroatoms. The number of nitrogens with zero attached hydrogens (tertiary/aromatic N) is 1. The Kier molecular flexibility index (Phi) is 6.54. The molecule has 2 N–H and O–H groups in total. The van der Waals surface area contributed by atoms with Crippen LogP contribution in [0.4, 0.5) is 0 Å². The van der Waals surface area contributed by atoms with Gasteiger partial charge in [-0.3, -0.25) is 0 Å². The van der Waals surface area contributed by atoms with Crippen LogP contribution in [0, 0.1) is 0 Å². The summed E-state index contributed by atoms with van der Waals surface area (Å²) in [7, 11) is 0. The Bertz CT molecular complexity index is 2440. The number of aromatic nitrogens is 1. The van der Waals surface area contributed by atoms with Crippen LogP contribution in [0.15, 0.2) is 164 Å².